The molecule has 0 amide bonds. The molecule has 2 aromatic rings. The van der Waals surface area contributed by atoms with E-state index in [2.05, 4.69) is 31.1 Å². The zero-order valence-electron chi connectivity index (χ0n) is 11.3. The molecule has 114 valence electrons. The first-order valence-corrected chi connectivity index (χ1v) is 6.85. The molecule has 0 fully saturated rings. The Morgan fingerprint density at radius 2 is 2.05 bits per heavy atom. The second kappa shape index (κ2) is 5.97. The van der Waals surface area contributed by atoms with Crippen molar-refractivity contribution in [3.8, 4) is 5.75 Å². The summed E-state index contributed by atoms with van der Waals surface area (Å²) in [6, 6.07) is 6.15. The van der Waals surface area contributed by atoms with Gasteiger partial charge >= 0.3 is 6.36 Å². The van der Waals surface area contributed by atoms with Gasteiger partial charge in [0.05, 0.1) is 16.2 Å². The van der Waals surface area contributed by atoms with E-state index in [1.165, 1.54) is 18.2 Å². The van der Waals surface area contributed by atoms with E-state index in [1.807, 2.05) is 20.0 Å². The van der Waals surface area contributed by atoms with Gasteiger partial charge in [-0.05, 0) is 47.1 Å². The van der Waals surface area contributed by atoms with Crippen LogP contribution in [0.1, 0.15) is 18.7 Å². The zero-order valence-corrected chi connectivity index (χ0v) is 12.9. The van der Waals surface area contributed by atoms with Gasteiger partial charge in [0.15, 0.2) is 0 Å². The fourth-order valence-corrected chi connectivity index (χ4v) is 2.39. The Morgan fingerprint density at radius 1 is 1.33 bits per heavy atom. The van der Waals surface area contributed by atoms with Gasteiger partial charge in [0.2, 0.25) is 0 Å². The molecule has 0 aliphatic rings. The number of benzene rings is 1. The molecule has 0 radical (unpaired) electrons. The fraction of sp³-hybridized carbons (Fsp3) is 0.308. The third-order valence-corrected chi connectivity index (χ3v) is 3.46. The quantitative estimate of drug-likeness (QED) is 0.882. The van der Waals surface area contributed by atoms with E-state index in [0.717, 1.165) is 5.69 Å². The monoisotopic (exact) mass is 363 g/mol. The van der Waals surface area contributed by atoms with E-state index in [4.69, 9.17) is 0 Å². The SMILES string of the molecule is CC(Nc1ccc(OC(F)(F)F)c(Br)c1)c1ccnn1C. The molecule has 0 spiro atoms. The summed E-state index contributed by atoms with van der Waals surface area (Å²) in [6.07, 6.45) is -3.02. The maximum absolute atomic E-state index is 12.2. The molecular formula is C13H13BrF3N3O. The third kappa shape index (κ3) is 4.13. The van der Waals surface area contributed by atoms with Crippen LogP contribution in [0.15, 0.2) is 34.9 Å². The minimum absolute atomic E-state index is 0.0428. The minimum atomic E-state index is -4.71. The first-order valence-electron chi connectivity index (χ1n) is 6.06. The summed E-state index contributed by atoms with van der Waals surface area (Å²) >= 11 is 3.07. The molecule has 4 nitrogen and oxygen atoms in total. The summed E-state index contributed by atoms with van der Waals surface area (Å²) in [5.41, 5.74) is 1.63. The number of halogens is 4. The number of nitrogens with one attached hydrogen (secondary N) is 1. The van der Waals surface area contributed by atoms with E-state index in [0.29, 0.717) is 5.69 Å². The summed E-state index contributed by atoms with van der Waals surface area (Å²) in [5, 5.41) is 7.26. The van der Waals surface area contributed by atoms with Crippen molar-refractivity contribution < 1.29 is 17.9 Å². The Hall–Kier alpha value is -1.70. The first-order chi connectivity index (χ1) is 9.76. The van der Waals surface area contributed by atoms with Crippen LogP contribution in [0.25, 0.3) is 0 Å². The Labute approximate surface area is 128 Å². The van der Waals surface area contributed by atoms with Crippen molar-refractivity contribution in [2.24, 2.45) is 7.05 Å². The molecule has 0 aliphatic heterocycles. The highest BCUT2D eigenvalue weighted by Crippen LogP contribution is 2.33. The van der Waals surface area contributed by atoms with Crippen LogP contribution in [-0.2, 0) is 7.05 Å². The summed E-state index contributed by atoms with van der Waals surface area (Å²) < 4.78 is 42.4. The largest absolute Gasteiger partial charge is 0.573 e. The lowest BCUT2D eigenvalue weighted by atomic mass is 10.2. The third-order valence-electron chi connectivity index (χ3n) is 2.84. The molecule has 2 rings (SSSR count). The molecule has 0 bridgehead atoms. The highest BCUT2D eigenvalue weighted by molar-refractivity contribution is 9.10. The second-order valence-electron chi connectivity index (χ2n) is 4.44. The van der Waals surface area contributed by atoms with Crippen molar-refractivity contribution in [3.05, 3.63) is 40.6 Å². The standard InChI is InChI=1S/C13H13BrF3N3O/c1-8(11-5-6-18-20(11)2)19-9-3-4-12(10(14)7-9)21-13(15,16)17/h3-8,19H,1-2H3. The Kier molecular flexibility index (Phi) is 4.46. The van der Waals surface area contributed by atoms with Gasteiger partial charge in [0, 0.05) is 18.9 Å². The lowest BCUT2D eigenvalue weighted by Gasteiger charge is -2.17. The van der Waals surface area contributed by atoms with Crippen LogP contribution in [0.3, 0.4) is 0 Å². The van der Waals surface area contributed by atoms with Gasteiger partial charge in [-0.3, -0.25) is 4.68 Å². The molecule has 8 heteroatoms. The van der Waals surface area contributed by atoms with Crippen molar-refractivity contribution in [3.63, 3.8) is 0 Å². The maximum atomic E-state index is 12.2. The Morgan fingerprint density at radius 3 is 2.57 bits per heavy atom. The zero-order chi connectivity index (χ0) is 15.6. The van der Waals surface area contributed by atoms with Gasteiger partial charge in [0.25, 0.3) is 0 Å². The Bertz CT molecular complexity index is 627. The number of aryl methyl sites for hydroxylation is 1. The number of nitrogens with zero attached hydrogens (tertiary/aromatic N) is 2. The van der Waals surface area contributed by atoms with Crippen molar-refractivity contribution >= 4 is 21.6 Å². The van der Waals surface area contributed by atoms with Gasteiger partial charge in [0.1, 0.15) is 5.75 Å². The number of anilines is 1. The highest BCUT2D eigenvalue weighted by atomic mass is 79.9. The van der Waals surface area contributed by atoms with Crippen molar-refractivity contribution in [2.45, 2.75) is 19.3 Å². The Balaban J connectivity index is 2.12. The molecule has 0 saturated heterocycles. The lowest BCUT2D eigenvalue weighted by Crippen LogP contribution is -2.17. The van der Waals surface area contributed by atoms with Crippen LogP contribution in [0.2, 0.25) is 0 Å². The van der Waals surface area contributed by atoms with Crippen molar-refractivity contribution in [2.75, 3.05) is 5.32 Å². The van der Waals surface area contributed by atoms with Gasteiger partial charge in [-0.1, -0.05) is 0 Å². The molecule has 1 atom stereocenters. The van der Waals surface area contributed by atoms with E-state index in [1.54, 1.807) is 10.9 Å². The lowest BCUT2D eigenvalue weighted by molar-refractivity contribution is -0.274. The average Bonchev–Trinajstić information content (AvgIpc) is 2.77. The van der Waals surface area contributed by atoms with Crippen LogP contribution in [0, 0.1) is 0 Å². The molecule has 1 unspecified atom stereocenters. The number of rotatable bonds is 4. The topological polar surface area (TPSA) is 39.1 Å². The molecule has 21 heavy (non-hydrogen) atoms. The molecule has 1 aromatic carbocycles. The maximum Gasteiger partial charge on any atom is 0.573 e. The summed E-state index contributed by atoms with van der Waals surface area (Å²) in [6.45, 7) is 1.94. The molecule has 1 aromatic heterocycles. The second-order valence-corrected chi connectivity index (χ2v) is 5.29. The predicted molar refractivity (Wildman–Crippen MR) is 76.1 cm³/mol. The minimum Gasteiger partial charge on any atom is -0.405 e. The van der Waals surface area contributed by atoms with Crippen LogP contribution >= 0.6 is 15.9 Å². The van der Waals surface area contributed by atoms with Gasteiger partial charge < -0.3 is 10.1 Å². The molecule has 1 N–H and O–H groups in total. The van der Waals surface area contributed by atoms with Crippen LogP contribution in [0.5, 0.6) is 5.75 Å². The van der Waals surface area contributed by atoms with Gasteiger partial charge in [-0.15, -0.1) is 13.2 Å². The van der Waals surface area contributed by atoms with Crippen molar-refractivity contribution in [1.29, 1.82) is 0 Å². The number of alkyl halides is 3. The number of aromatic nitrogens is 2. The van der Waals surface area contributed by atoms with E-state index in [-0.39, 0.29) is 16.3 Å². The van der Waals surface area contributed by atoms with E-state index < -0.39 is 6.36 Å². The molecular weight excluding hydrogens is 351 g/mol. The van der Waals surface area contributed by atoms with Crippen LogP contribution < -0.4 is 10.1 Å². The van der Waals surface area contributed by atoms with Crippen LogP contribution in [0.4, 0.5) is 18.9 Å². The van der Waals surface area contributed by atoms with E-state index >= 15 is 0 Å². The molecule has 0 aliphatic carbocycles. The first kappa shape index (κ1) is 15.7. The predicted octanol–water partition coefficient (Wildman–Crippen LogP) is 4.25. The van der Waals surface area contributed by atoms with Gasteiger partial charge in [-0.25, -0.2) is 0 Å². The van der Waals surface area contributed by atoms with E-state index in [9.17, 15) is 13.2 Å². The molecule has 0 saturated carbocycles. The van der Waals surface area contributed by atoms with Gasteiger partial charge in [-0.2, -0.15) is 5.10 Å². The summed E-state index contributed by atoms with van der Waals surface area (Å²) in [4.78, 5) is 0. The summed E-state index contributed by atoms with van der Waals surface area (Å²) in [5.74, 6) is -0.277. The number of hydrogen-bond acceptors (Lipinski definition) is 3. The molecule has 1 heterocycles. The fourth-order valence-electron chi connectivity index (χ4n) is 1.93. The number of hydrogen-bond donors (Lipinski definition) is 1. The normalized spacial score (nSPS) is 13.0. The number of ether oxygens (including phenoxy) is 1. The average molecular weight is 364 g/mol. The highest BCUT2D eigenvalue weighted by Gasteiger charge is 2.31. The van der Waals surface area contributed by atoms with Crippen molar-refractivity contribution in [1.82, 2.24) is 9.78 Å². The smallest absolute Gasteiger partial charge is 0.405 e. The van der Waals surface area contributed by atoms with Crippen LogP contribution in [-0.4, -0.2) is 16.1 Å². The summed E-state index contributed by atoms with van der Waals surface area (Å²) in [7, 11) is 1.82.